The van der Waals surface area contributed by atoms with E-state index in [0.29, 0.717) is 0 Å². The summed E-state index contributed by atoms with van der Waals surface area (Å²) in [5.41, 5.74) is 0. The summed E-state index contributed by atoms with van der Waals surface area (Å²) in [6.07, 6.45) is 4.26. The molecule has 0 bridgehead atoms. The van der Waals surface area contributed by atoms with E-state index in [0.717, 1.165) is 6.42 Å². The van der Waals surface area contributed by atoms with E-state index in [9.17, 15) is 4.79 Å². The van der Waals surface area contributed by atoms with Crippen molar-refractivity contribution in [3.8, 4) is 0 Å². The fourth-order valence-electron chi connectivity index (χ4n) is 1.23. The standard InChI is InChI=1S/C9H14O3/c1-7-8(10)4-3-5-9(7)12-6-11-2/h3-4,7,9H,5-6H2,1-2H3/t7-,9+/m1/s1. The molecule has 0 aromatic heterocycles. The first kappa shape index (κ1) is 9.42. The molecule has 0 spiro atoms. The first-order valence-electron chi connectivity index (χ1n) is 4.06. The van der Waals surface area contributed by atoms with Crippen molar-refractivity contribution < 1.29 is 14.3 Å². The minimum Gasteiger partial charge on any atom is -0.359 e. The highest BCUT2D eigenvalue weighted by molar-refractivity contribution is 5.92. The molecular weight excluding hydrogens is 156 g/mol. The zero-order valence-corrected chi connectivity index (χ0v) is 7.45. The highest BCUT2D eigenvalue weighted by atomic mass is 16.7. The van der Waals surface area contributed by atoms with Gasteiger partial charge in [-0.15, -0.1) is 0 Å². The van der Waals surface area contributed by atoms with Crippen LogP contribution in [0.2, 0.25) is 0 Å². The average Bonchev–Trinajstić information content (AvgIpc) is 2.08. The molecule has 1 aliphatic carbocycles. The monoisotopic (exact) mass is 170 g/mol. The van der Waals surface area contributed by atoms with Crippen molar-refractivity contribution in [1.29, 1.82) is 0 Å². The molecule has 0 saturated carbocycles. The molecule has 0 N–H and O–H groups in total. The molecule has 1 rings (SSSR count). The summed E-state index contributed by atoms with van der Waals surface area (Å²) in [6, 6.07) is 0. The number of ketones is 1. The molecule has 0 radical (unpaired) electrons. The molecule has 12 heavy (non-hydrogen) atoms. The molecule has 3 nitrogen and oxygen atoms in total. The minimum atomic E-state index is -0.0369. The van der Waals surface area contributed by atoms with Crippen LogP contribution in [-0.2, 0) is 14.3 Å². The number of carbonyl (C=O) groups excluding carboxylic acids is 1. The lowest BCUT2D eigenvalue weighted by Crippen LogP contribution is -2.30. The zero-order chi connectivity index (χ0) is 8.97. The summed E-state index contributed by atoms with van der Waals surface area (Å²) in [4.78, 5) is 11.2. The SMILES string of the molecule is COCO[C@H]1CC=CC(=O)[C@H]1C. The number of hydrogen-bond donors (Lipinski definition) is 0. The fourth-order valence-corrected chi connectivity index (χ4v) is 1.23. The summed E-state index contributed by atoms with van der Waals surface area (Å²) >= 11 is 0. The molecule has 1 aliphatic rings. The topological polar surface area (TPSA) is 35.5 Å². The Balaban J connectivity index is 2.44. The Kier molecular flexibility index (Phi) is 3.44. The molecule has 0 fully saturated rings. The van der Waals surface area contributed by atoms with E-state index in [-0.39, 0.29) is 24.6 Å². The highest BCUT2D eigenvalue weighted by Crippen LogP contribution is 2.18. The van der Waals surface area contributed by atoms with Gasteiger partial charge in [0.15, 0.2) is 5.78 Å². The molecule has 0 unspecified atom stereocenters. The third-order valence-electron chi connectivity index (χ3n) is 2.06. The van der Waals surface area contributed by atoms with Gasteiger partial charge in [-0.1, -0.05) is 13.0 Å². The molecule has 2 atom stereocenters. The third-order valence-corrected chi connectivity index (χ3v) is 2.06. The van der Waals surface area contributed by atoms with E-state index in [1.54, 1.807) is 13.2 Å². The van der Waals surface area contributed by atoms with Crippen molar-refractivity contribution in [2.45, 2.75) is 19.4 Å². The molecule has 0 aromatic rings. The fraction of sp³-hybridized carbons (Fsp3) is 0.667. The lowest BCUT2D eigenvalue weighted by molar-refractivity contribution is -0.130. The molecular formula is C9H14O3. The number of methoxy groups -OCH3 is 1. The van der Waals surface area contributed by atoms with E-state index in [1.807, 2.05) is 13.0 Å². The van der Waals surface area contributed by atoms with Gasteiger partial charge in [-0.25, -0.2) is 0 Å². The van der Waals surface area contributed by atoms with Crippen LogP contribution in [0.5, 0.6) is 0 Å². The number of rotatable bonds is 3. The van der Waals surface area contributed by atoms with Crippen LogP contribution < -0.4 is 0 Å². The zero-order valence-electron chi connectivity index (χ0n) is 7.45. The van der Waals surface area contributed by atoms with Crippen molar-refractivity contribution >= 4 is 5.78 Å². The Morgan fingerprint density at radius 1 is 1.67 bits per heavy atom. The predicted molar refractivity (Wildman–Crippen MR) is 44.7 cm³/mol. The molecule has 68 valence electrons. The minimum absolute atomic E-state index is 0.0116. The number of ether oxygens (including phenoxy) is 2. The smallest absolute Gasteiger partial charge is 0.160 e. The van der Waals surface area contributed by atoms with Crippen LogP contribution in [0, 0.1) is 5.92 Å². The number of allylic oxidation sites excluding steroid dienone is 1. The van der Waals surface area contributed by atoms with Gasteiger partial charge in [-0.05, 0) is 12.5 Å². The number of carbonyl (C=O) groups is 1. The van der Waals surface area contributed by atoms with Crippen LogP contribution in [0.25, 0.3) is 0 Å². The number of hydrogen-bond acceptors (Lipinski definition) is 3. The van der Waals surface area contributed by atoms with Crippen molar-refractivity contribution in [3.05, 3.63) is 12.2 Å². The maximum absolute atomic E-state index is 11.2. The van der Waals surface area contributed by atoms with Gasteiger partial charge in [0.1, 0.15) is 6.79 Å². The van der Waals surface area contributed by atoms with Crippen LogP contribution in [0.4, 0.5) is 0 Å². The quantitative estimate of drug-likeness (QED) is 0.596. The largest absolute Gasteiger partial charge is 0.359 e. The van der Waals surface area contributed by atoms with Gasteiger partial charge >= 0.3 is 0 Å². The maximum atomic E-state index is 11.2. The molecule has 0 amide bonds. The van der Waals surface area contributed by atoms with Crippen molar-refractivity contribution in [1.82, 2.24) is 0 Å². The van der Waals surface area contributed by atoms with Crippen LogP contribution in [0.15, 0.2) is 12.2 Å². The van der Waals surface area contributed by atoms with Gasteiger partial charge < -0.3 is 9.47 Å². The van der Waals surface area contributed by atoms with Gasteiger partial charge in [-0.3, -0.25) is 4.79 Å². The molecule has 0 heterocycles. The van der Waals surface area contributed by atoms with Crippen LogP contribution in [0.1, 0.15) is 13.3 Å². The Labute approximate surface area is 72.4 Å². The lowest BCUT2D eigenvalue weighted by Gasteiger charge is -2.23. The normalized spacial score (nSPS) is 29.3. The van der Waals surface area contributed by atoms with Crippen LogP contribution in [-0.4, -0.2) is 25.8 Å². The third kappa shape index (κ3) is 2.16. The van der Waals surface area contributed by atoms with Crippen molar-refractivity contribution in [2.24, 2.45) is 5.92 Å². The van der Waals surface area contributed by atoms with Gasteiger partial charge in [0.25, 0.3) is 0 Å². The van der Waals surface area contributed by atoms with E-state index in [2.05, 4.69) is 0 Å². The second kappa shape index (κ2) is 4.38. The van der Waals surface area contributed by atoms with E-state index < -0.39 is 0 Å². The summed E-state index contributed by atoms with van der Waals surface area (Å²) in [6.45, 7) is 2.14. The average molecular weight is 170 g/mol. The Hall–Kier alpha value is -0.670. The van der Waals surface area contributed by atoms with E-state index >= 15 is 0 Å². The highest BCUT2D eigenvalue weighted by Gasteiger charge is 2.25. The molecule has 0 aromatic carbocycles. The predicted octanol–water partition coefficient (Wildman–Crippen LogP) is 1.14. The van der Waals surface area contributed by atoms with Crippen LogP contribution >= 0.6 is 0 Å². The molecule has 0 aliphatic heterocycles. The summed E-state index contributed by atoms with van der Waals surface area (Å²) in [5, 5.41) is 0. The van der Waals surface area contributed by atoms with Gasteiger partial charge in [-0.2, -0.15) is 0 Å². The summed E-state index contributed by atoms with van der Waals surface area (Å²) in [5.74, 6) is 0.104. The van der Waals surface area contributed by atoms with E-state index in [1.165, 1.54) is 0 Å². The first-order valence-corrected chi connectivity index (χ1v) is 4.06. The molecule has 0 saturated heterocycles. The van der Waals surface area contributed by atoms with Crippen LogP contribution in [0.3, 0.4) is 0 Å². The van der Waals surface area contributed by atoms with Gasteiger partial charge in [0.05, 0.1) is 6.10 Å². The second-order valence-corrected chi connectivity index (χ2v) is 2.94. The Bertz CT molecular complexity index is 186. The maximum Gasteiger partial charge on any atom is 0.160 e. The van der Waals surface area contributed by atoms with E-state index in [4.69, 9.17) is 9.47 Å². The van der Waals surface area contributed by atoms with Crippen molar-refractivity contribution in [3.63, 3.8) is 0 Å². The van der Waals surface area contributed by atoms with Gasteiger partial charge in [0.2, 0.25) is 0 Å². The van der Waals surface area contributed by atoms with Crippen molar-refractivity contribution in [2.75, 3.05) is 13.9 Å². The lowest BCUT2D eigenvalue weighted by atomic mass is 9.92. The summed E-state index contributed by atoms with van der Waals surface area (Å²) in [7, 11) is 1.57. The van der Waals surface area contributed by atoms with Gasteiger partial charge in [0, 0.05) is 13.0 Å². The Morgan fingerprint density at radius 3 is 3.08 bits per heavy atom. The summed E-state index contributed by atoms with van der Waals surface area (Å²) < 4.78 is 10.1. The first-order chi connectivity index (χ1) is 5.75. The Morgan fingerprint density at radius 2 is 2.42 bits per heavy atom. The second-order valence-electron chi connectivity index (χ2n) is 2.94. The molecule has 3 heteroatoms.